The highest BCUT2D eigenvalue weighted by Gasteiger charge is 2.11. The van der Waals surface area contributed by atoms with E-state index < -0.39 is 0 Å². The van der Waals surface area contributed by atoms with E-state index in [1.165, 1.54) is 6.08 Å². The van der Waals surface area contributed by atoms with Crippen molar-refractivity contribution in [2.24, 2.45) is 0 Å². The predicted octanol–water partition coefficient (Wildman–Crippen LogP) is 3.41. The van der Waals surface area contributed by atoms with Crippen LogP contribution in [0.2, 0.25) is 0 Å². The van der Waals surface area contributed by atoms with E-state index in [0.717, 1.165) is 11.3 Å². The Bertz CT molecular complexity index is 501. The van der Waals surface area contributed by atoms with Gasteiger partial charge in [0.2, 0.25) is 5.91 Å². The number of ether oxygens (including phenoxy) is 2. The van der Waals surface area contributed by atoms with Crippen molar-refractivity contribution in [3.05, 3.63) is 29.8 Å². The van der Waals surface area contributed by atoms with Crippen molar-refractivity contribution in [3.8, 4) is 11.5 Å². The Morgan fingerprint density at radius 3 is 2.33 bits per heavy atom. The average molecular weight is 291 g/mol. The lowest BCUT2D eigenvalue weighted by Crippen LogP contribution is -2.39. The topological polar surface area (TPSA) is 47.6 Å². The van der Waals surface area contributed by atoms with Crippen molar-refractivity contribution >= 4 is 12.0 Å². The number of hydrogen-bond acceptors (Lipinski definition) is 3. The number of hydrogen-bond donors (Lipinski definition) is 1. The number of benzene rings is 1. The highest BCUT2D eigenvalue weighted by Crippen LogP contribution is 2.28. The van der Waals surface area contributed by atoms with Crippen LogP contribution in [0.5, 0.6) is 11.5 Å². The van der Waals surface area contributed by atoms with Crippen molar-refractivity contribution < 1.29 is 14.3 Å². The van der Waals surface area contributed by atoms with Crippen molar-refractivity contribution in [1.29, 1.82) is 0 Å². The molecule has 0 saturated carbocycles. The van der Waals surface area contributed by atoms with Crippen LogP contribution in [0.1, 0.15) is 40.2 Å². The van der Waals surface area contributed by atoms with E-state index in [-0.39, 0.29) is 11.4 Å². The van der Waals surface area contributed by atoms with Gasteiger partial charge in [-0.3, -0.25) is 4.79 Å². The summed E-state index contributed by atoms with van der Waals surface area (Å²) in [6.07, 6.45) is 3.29. The van der Waals surface area contributed by atoms with Crippen LogP contribution in [0, 0.1) is 0 Å². The average Bonchev–Trinajstić information content (AvgIpc) is 2.37. The molecule has 0 unspecified atom stereocenters. The molecular weight excluding hydrogens is 266 g/mol. The van der Waals surface area contributed by atoms with E-state index >= 15 is 0 Å². The zero-order valence-corrected chi connectivity index (χ0v) is 13.5. The maximum absolute atomic E-state index is 11.8. The van der Waals surface area contributed by atoms with Crippen LogP contribution in [-0.2, 0) is 4.79 Å². The van der Waals surface area contributed by atoms with E-state index in [1.54, 1.807) is 6.08 Å². The molecule has 1 aromatic rings. The van der Waals surface area contributed by atoms with Gasteiger partial charge in [-0.15, -0.1) is 0 Å². The maximum Gasteiger partial charge on any atom is 0.244 e. The summed E-state index contributed by atoms with van der Waals surface area (Å²) in [6.45, 7) is 10.9. The molecule has 1 N–H and O–H groups in total. The minimum Gasteiger partial charge on any atom is -0.490 e. The Balaban J connectivity index is 2.84. The van der Waals surface area contributed by atoms with Gasteiger partial charge in [0.25, 0.3) is 0 Å². The molecule has 0 aromatic heterocycles. The molecule has 4 nitrogen and oxygen atoms in total. The Labute approximate surface area is 127 Å². The molecule has 1 rings (SSSR count). The predicted molar refractivity (Wildman–Crippen MR) is 85.7 cm³/mol. The highest BCUT2D eigenvalue weighted by molar-refractivity contribution is 5.92. The van der Waals surface area contributed by atoms with Gasteiger partial charge >= 0.3 is 0 Å². The lowest BCUT2D eigenvalue weighted by atomic mass is 10.1. The first-order valence-corrected chi connectivity index (χ1v) is 7.25. The zero-order valence-electron chi connectivity index (χ0n) is 13.5. The van der Waals surface area contributed by atoms with Crippen molar-refractivity contribution in [2.75, 3.05) is 13.2 Å². The van der Waals surface area contributed by atoms with Crippen LogP contribution in [0.3, 0.4) is 0 Å². The standard InChI is InChI=1S/C17H25NO3/c1-6-20-14-10-8-13(12-15(14)21-7-2)9-11-16(19)18-17(3,4)5/h8-12H,6-7H2,1-5H3,(H,18,19). The van der Waals surface area contributed by atoms with Crippen LogP contribution in [0.4, 0.5) is 0 Å². The molecule has 0 aliphatic carbocycles. The zero-order chi connectivity index (χ0) is 15.9. The number of carbonyl (C=O) groups excluding carboxylic acids is 1. The lowest BCUT2D eigenvalue weighted by Gasteiger charge is -2.19. The lowest BCUT2D eigenvalue weighted by molar-refractivity contribution is -0.117. The number of carbonyl (C=O) groups is 1. The minimum absolute atomic E-state index is 0.116. The summed E-state index contributed by atoms with van der Waals surface area (Å²) < 4.78 is 11.1. The monoisotopic (exact) mass is 291 g/mol. The van der Waals surface area contributed by atoms with Crippen LogP contribution < -0.4 is 14.8 Å². The smallest absolute Gasteiger partial charge is 0.244 e. The molecular formula is C17H25NO3. The number of nitrogens with one attached hydrogen (secondary N) is 1. The first-order chi connectivity index (χ1) is 9.85. The molecule has 1 amide bonds. The van der Waals surface area contributed by atoms with Crippen LogP contribution >= 0.6 is 0 Å². The third-order valence-electron chi connectivity index (χ3n) is 2.49. The molecule has 0 spiro atoms. The largest absolute Gasteiger partial charge is 0.490 e. The van der Waals surface area contributed by atoms with E-state index in [2.05, 4.69) is 5.32 Å². The Hall–Kier alpha value is -1.97. The van der Waals surface area contributed by atoms with Gasteiger partial charge in [0, 0.05) is 11.6 Å². The fourth-order valence-corrected chi connectivity index (χ4v) is 1.75. The third-order valence-corrected chi connectivity index (χ3v) is 2.49. The second-order valence-electron chi connectivity index (χ2n) is 5.64. The first-order valence-electron chi connectivity index (χ1n) is 7.25. The molecule has 0 aliphatic heterocycles. The first kappa shape index (κ1) is 17.1. The van der Waals surface area contributed by atoms with E-state index in [1.807, 2.05) is 52.8 Å². The van der Waals surface area contributed by atoms with E-state index in [0.29, 0.717) is 19.0 Å². The van der Waals surface area contributed by atoms with Crippen molar-refractivity contribution in [1.82, 2.24) is 5.32 Å². The van der Waals surface area contributed by atoms with Crippen LogP contribution in [0.25, 0.3) is 6.08 Å². The van der Waals surface area contributed by atoms with Gasteiger partial charge < -0.3 is 14.8 Å². The molecule has 0 heterocycles. The summed E-state index contributed by atoms with van der Waals surface area (Å²) in [4.78, 5) is 11.8. The molecule has 0 aliphatic rings. The summed E-state index contributed by atoms with van der Waals surface area (Å²) in [5, 5.41) is 2.88. The fraction of sp³-hybridized carbons (Fsp3) is 0.471. The van der Waals surface area contributed by atoms with Gasteiger partial charge in [0.05, 0.1) is 13.2 Å². The molecule has 0 radical (unpaired) electrons. The summed E-state index contributed by atoms with van der Waals surface area (Å²) in [6, 6.07) is 5.62. The summed E-state index contributed by atoms with van der Waals surface area (Å²) in [5.41, 5.74) is 0.655. The molecule has 0 saturated heterocycles. The SMILES string of the molecule is CCOc1ccc(C=CC(=O)NC(C)(C)C)cc1OCC. The van der Waals surface area contributed by atoms with Gasteiger partial charge in [-0.05, 0) is 58.4 Å². The van der Waals surface area contributed by atoms with Crippen molar-refractivity contribution in [2.45, 2.75) is 40.2 Å². The normalized spacial score (nSPS) is 11.5. The number of rotatable bonds is 6. The van der Waals surface area contributed by atoms with E-state index in [9.17, 15) is 4.79 Å². The minimum atomic E-state index is -0.239. The Morgan fingerprint density at radius 2 is 1.76 bits per heavy atom. The second kappa shape index (κ2) is 7.72. The Kier molecular flexibility index (Phi) is 6.28. The van der Waals surface area contributed by atoms with Crippen LogP contribution in [-0.4, -0.2) is 24.7 Å². The van der Waals surface area contributed by atoms with Gasteiger partial charge in [-0.2, -0.15) is 0 Å². The highest BCUT2D eigenvalue weighted by atomic mass is 16.5. The molecule has 0 atom stereocenters. The second-order valence-corrected chi connectivity index (χ2v) is 5.64. The molecule has 0 bridgehead atoms. The van der Waals surface area contributed by atoms with Gasteiger partial charge in [-0.1, -0.05) is 6.07 Å². The van der Waals surface area contributed by atoms with Crippen molar-refractivity contribution in [3.63, 3.8) is 0 Å². The van der Waals surface area contributed by atoms with Gasteiger partial charge in [0.1, 0.15) is 0 Å². The molecule has 4 heteroatoms. The van der Waals surface area contributed by atoms with E-state index in [4.69, 9.17) is 9.47 Å². The molecule has 0 fully saturated rings. The van der Waals surface area contributed by atoms with Crippen LogP contribution in [0.15, 0.2) is 24.3 Å². The maximum atomic E-state index is 11.8. The Morgan fingerprint density at radius 1 is 1.14 bits per heavy atom. The summed E-state index contributed by atoms with van der Waals surface area (Å²) in [7, 11) is 0. The van der Waals surface area contributed by atoms with Gasteiger partial charge in [-0.25, -0.2) is 0 Å². The molecule has 21 heavy (non-hydrogen) atoms. The fourth-order valence-electron chi connectivity index (χ4n) is 1.75. The molecule has 116 valence electrons. The summed E-state index contributed by atoms with van der Waals surface area (Å²) >= 11 is 0. The molecule has 1 aromatic carbocycles. The third kappa shape index (κ3) is 6.34. The quantitative estimate of drug-likeness (QED) is 0.817. The van der Waals surface area contributed by atoms with Gasteiger partial charge in [0.15, 0.2) is 11.5 Å². The summed E-state index contributed by atoms with van der Waals surface area (Å²) in [5.74, 6) is 1.29. The number of amides is 1.